The van der Waals surface area contributed by atoms with Gasteiger partial charge in [-0.2, -0.15) is 0 Å². The molecule has 2 heterocycles. The molecule has 1 aromatic heterocycles. The summed E-state index contributed by atoms with van der Waals surface area (Å²) in [6.45, 7) is 1.67. The van der Waals surface area contributed by atoms with Gasteiger partial charge in [0.15, 0.2) is 18.7 Å². The van der Waals surface area contributed by atoms with Crippen molar-refractivity contribution in [1.29, 1.82) is 0 Å². The molecule has 1 saturated heterocycles. The molecule has 0 unspecified atom stereocenters. The molecule has 6 aliphatic carbocycles. The number of nitrogens with zero attached hydrogens (tertiary/aromatic N) is 5. The third-order valence-corrected chi connectivity index (χ3v) is 25.3. The Morgan fingerprint density at radius 1 is 0.570 bits per heavy atom. The number of carboxylic acids is 2. The van der Waals surface area contributed by atoms with Crippen molar-refractivity contribution in [3.05, 3.63) is 99.7 Å². The number of nitrogens with one attached hydrogen (secondary N) is 3. The van der Waals surface area contributed by atoms with Crippen LogP contribution < -0.4 is 10.6 Å². The van der Waals surface area contributed by atoms with Crippen molar-refractivity contribution < 1.29 is 93.1 Å². The zero-order valence-electron chi connectivity index (χ0n) is 50.3. The molecule has 5 N–H and O–H groups in total. The molecule has 2 atom stereocenters. The van der Waals surface area contributed by atoms with Gasteiger partial charge in [-0.1, -0.05) is 204 Å². The van der Waals surface area contributed by atoms with Crippen LogP contribution in [-0.2, 0) is 75.2 Å². The van der Waals surface area contributed by atoms with E-state index < -0.39 is 36.2 Å². The molecule has 7 aliphatic rings. The molecule has 3 aromatic rings. The molecular formula is C64H97Au2FN8O9P2. The molecule has 86 heavy (non-hydrogen) atoms. The van der Waals surface area contributed by atoms with Crippen molar-refractivity contribution in [1.82, 2.24) is 26.0 Å². The number of rotatable bonds is 15. The van der Waals surface area contributed by atoms with Gasteiger partial charge in [-0.3, -0.25) is 14.7 Å². The second kappa shape index (κ2) is 48.1. The molecule has 0 radical (unpaired) electrons. The maximum absolute atomic E-state index is 11.6. The third-order valence-electron chi connectivity index (χ3n) is 17.1. The van der Waals surface area contributed by atoms with Gasteiger partial charge in [-0.15, -0.1) is 11.6 Å². The van der Waals surface area contributed by atoms with E-state index >= 15 is 0 Å². The van der Waals surface area contributed by atoms with E-state index in [0.717, 1.165) is 13.2 Å². The van der Waals surface area contributed by atoms with Crippen molar-refractivity contribution in [2.24, 2.45) is 0 Å². The zero-order valence-corrected chi connectivity index (χ0v) is 56.4. The number of hydrogen-bond acceptors (Lipinski definition) is 9. The van der Waals surface area contributed by atoms with Crippen molar-refractivity contribution in [3.8, 4) is 12.3 Å². The minimum Gasteiger partial charge on any atom is -0.479 e. The fraction of sp³-hybridized carbons (Fsp3) is 0.688. The molecule has 0 bridgehead atoms. The van der Waals surface area contributed by atoms with Gasteiger partial charge in [-0.05, 0) is 135 Å². The minimum atomic E-state index is -1.18. The van der Waals surface area contributed by atoms with E-state index in [2.05, 4.69) is 42.9 Å². The van der Waals surface area contributed by atoms with Crippen LogP contribution in [0.15, 0.2) is 60.7 Å². The Morgan fingerprint density at radius 2 is 0.872 bits per heavy atom. The first-order valence-corrected chi connectivity index (χ1v) is 34.5. The van der Waals surface area contributed by atoms with Gasteiger partial charge < -0.3 is 57.4 Å². The van der Waals surface area contributed by atoms with Gasteiger partial charge in [0.25, 0.3) is 0 Å². The summed E-state index contributed by atoms with van der Waals surface area (Å²) in [5.74, 6) is -0.240. The van der Waals surface area contributed by atoms with Crippen molar-refractivity contribution >= 4 is 40.0 Å². The Balaban J connectivity index is 0.000000370. The van der Waals surface area contributed by atoms with Crippen LogP contribution in [0, 0.1) is 18.5 Å². The molecule has 6 saturated carbocycles. The van der Waals surface area contributed by atoms with E-state index in [1.165, 1.54) is 90.2 Å². The summed E-state index contributed by atoms with van der Waals surface area (Å²) in [5.41, 5.74) is 21.9. The first-order chi connectivity index (χ1) is 40.6. The number of alkyl carbamates (subject to hydrolysis) is 2. The van der Waals surface area contributed by atoms with Crippen LogP contribution in [0.3, 0.4) is 0 Å². The number of carboxylic acid groups (broad SMARTS) is 2. The number of terminal acetylenes is 1. The number of hydrogen-bond donors (Lipinski definition) is 5. The molecule has 17 nitrogen and oxygen atoms in total. The fourth-order valence-corrected chi connectivity index (χ4v) is 22.6. The van der Waals surface area contributed by atoms with E-state index in [9.17, 15) is 19.2 Å². The van der Waals surface area contributed by atoms with Gasteiger partial charge in [0.2, 0.25) is 0 Å². The van der Waals surface area contributed by atoms with Crippen LogP contribution in [-0.4, -0.2) is 104 Å². The van der Waals surface area contributed by atoms with Crippen LogP contribution in [0.25, 0.3) is 16.0 Å². The van der Waals surface area contributed by atoms with E-state index in [-0.39, 0.29) is 62.7 Å². The van der Waals surface area contributed by atoms with Gasteiger partial charge in [0.05, 0.1) is 0 Å². The van der Waals surface area contributed by atoms with Crippen LogP contribution in [0.2, 0.25) is 0 Å². The summed E-state index contributed by atoms with van der Waals surface area (Å²) in [4.78, 5) is 46.4. The molecule has 22 heteroatoms. The number of carbonyl (C=O) groups is 4. The van der Waals surface area contributed by atoms with Crippen LogP contribution in [0.5, 0.6) is 0 Å². The number of halogens is 1. The first kappa shape index (κ1) is 78.3. The quantitative estimate of drug-likeness (QED) is 0.0182. The predicted molar refractivity (Wildman–Crippen MR) is 333 cm³/mol. The molecule has 1 aliphatic heterocycles. The topological polar surface area (TPSA) is 261 Å². The van der Waals surface area contributed by atoms with Crippen LogP contribution >= 0.6 is 15.8 Å². The Hall–Kier alpha value is -3.84. The largest absolute Gasteiger partial charge is 1.00 e. The van der Waals surface area contributed by atoms with Crippen LogP contribution in [0.1, 0.15) is 234 Å². The average molecular weight is 1600 g/mol. The second-order valence-corrected chi connectivity index (χ2v) is 29.1. The number of H-pyrrole nitrogens is 1. The van der Waals surface area contributed by atoms with Crippen molar-refractivity contribution in [2.45, 2.75) is 258 Å². The zero-order chi connectivity index (χ0) is 59.1. The number of carbonyl (C=O) groups excluding carboxylic acids is 2. The molecule has 0 spiro atoms. The monoisotopic (exact) mass is 1600 g/mol. The number of aliphatic carboxylic acids is 2. The summed E-state index contributed by atoms with van der Waals surface area (Å²) in [5, 5.41) is 31.9. The van der Waals surface area contributed by atoms with E-state index in [4.69, 9.17) is 37.2 Å². The second-order valence-electron chi connectivity index (χ2n) is 23.0. The fourth-order valence-electron chi connectivity index (χ4n) is 13.3. The predicted octanol–water partition coefficient (Wildman–Crippen LogP) is 16.6. The Kier molecular flexibility index (Phi) is 43.7. The average Bonchev–Trinajstić information content (AvgIpc) is 4.42. The van der Waals surface area contributed by atoms with E-state index in [1.54, 1.807) is 215 Å². The maximum atomic E-state index is 11.6. The maximum Gasteiger partial charge on any atom is 1.00 e. The molecular weight excluding hydrogens is 1500 g/mol. The van der Waals surface area contributed by atoms with Gasteiger partial charge in [-0.25, -0.2) is 19.2 Å². The molecule has 2 aromatic carbocycles. The smallest absolute Gasteiger partial charge is 0.479 e. The van der Waals surface area contributed by atoms with E-state index in [0.29, 0.717) is 32.7 Å². The van der Waals surface area contributed by atoms with E-state index in [1.807, 2.05) is 0 Å². The summed E-state index contributed by atoms with van der Waals surface area (Å²) in [6, 6.07) is 14.3. The van der Waals surface area contributed by atoms with Crippen molar-refractivity contribution in [3.63, 3.8) is 0 Å². The third kappa shape index (κ3) is 30.1. The molecule has 10 rings (SSSR count). The number of aromatic nitrogens is 3. The SMILES string of the molecule is C#CCOC(=O)N[C@@H](C(=O)O)c1ccccc1.C1CCC(P(C2CCCCC2)C2CCCCC2)CC1.C1CCC(P(C2CCCCC2)C2CCCCC2)CC1.C1CCOC1.F.O=C(N[C@@H](C(=O)O)c1ccccc1)OCc1[c-]nn[nH]1.[Au+].[Au+].[N-]=[N+]=[N-]. The Labute approximate surface area is 545 Å². The standard InChI is InChI=1S/2C18H33P.C12H11N4O4.C12H11NO4.C4H8O.2Au.FH.N3/c2*1-4-10-16(11-5-1)19(17-12-6-2-7-13-17)18-14-8-3-9-15-18;17-11(18)10(8-4-2-1-3-5-8)14-12(19)20-7-9-6-13-16-15-9;1-2-8-17-12(16)13-10(11(14)15)9-6-4-3-5-7-9;1-2-4-5-3-1;;;;1-3-2/h2*16-18H,1-15H2;1-5,10H,7H2,(H,14,19)(H,17,18)(H,13,15,16);1,3-7,10H,8H2,(H,13,16)(H,14,15);1-4H2;;;1H;/q;;-1;;;2*+1;;-1/t;;2*10-;;;;;/m..11...../s1. The summed E-state index contributed by atoms with van der Waals surface area (Å²) in [6.07, 6.45) is 55.4. The van der Waals surface area contributed by atoms with Gasteiger partial charge in [0, 0.05) is 13.2 Å². The van der Waals surface area contributed by atoms with Crippen LogP contribution in [0.4, 0.5) is 14.3 Å². The minimum absolute atomic E-state index is 0. The number of amides is 2. The number of aromatic amines is 1. The first-order valence-electron chi connectivity index (χ1n) is 31.4. The van der Waals surface area contributed by atoms with Gasteiger partial charge >= 0.3 is 68.9 Å². The summed E-state index contributed by atoms with van der Waals surface area (Å²) in [7, 11) is 0.770. The molecule has 2 amide bonds. The summed E-state index contributed by atoms with van der Waals surface area (Å²) >= 11 is 0. The normalized spacial score (nSPS) is 19.1. The van der Waals surface area contributed by atoms with Gasteiger partial charge in [0.1, 0.15) is 6.61 Å². The molecule has 486 valence electrons. The Bertz CT molecular complexity index is 2160. The molecule has 7 fully saturated rings. The summed E-state index contributed by atoms with van der Waals surface area (Å²) < 4.78 is 14.3. The number of ether oxygens (including phenoxy) is 3. The number of benzene rings is 2. The van der Waals surface area contributed by atoms with Crippen molar-refractivity contribution in [2.75, 3.05) is 19.8 Å². The Morgan fingerprint density at radius 3 is 1.12 bits per heavy atom.